The SMILES string of the molecule is C.CC(C)(C)OC(=O)c1ccccc1-c1ccc(CN2CCOc3cc(C(=O)O)ccc32)cc1F.COC(=O)c1ccc2c(c1)OCCN2Cc1ccc(-c2ccccc2C(=O)OC(C)(C)C)c(F)c1.O.[Na+].[OH-]. The number of benzene rings is 6. The minimum atomic E-state index is -1.02. The monoisotopic (exact) mass is 1010 g/mol. The van der Waals surface area contributed by atoms with E-state index in [-0.39, 0.29) is 53.5 Å². The summed E-state index contributed by atoms with van der Waals surface area (Å²) in [6.07, 6.45) is 0. The van der Waals surface area contributed by atoms with Gasteiger partial charge in [0, 0.05) is 24.2 Å². The van der Waals surface area contributed by atoms with Crippen molar-refractivity contribution in [3.8, 4) is 33.8 Å². The number of rotatable bonds is 10. The summed E-state index contributed by atoms with van der Waals surface area (Å²) in [7, 11) is 1.33. The van der Waals surface area contributed by atoms with Crippen LogP contribution >= 0.6 is 0 Å². The molecular weight excluding hydrogens is 954 g/mol. The minimum Gasteiger partial charge on any atom is -0.870 e. The average molecular weight is 1020 g/mol. The van der Waals surface area contributed by atoms with Crippen molar-refractivity contribution in [3.05, 3.63) is 166 Å². The van der Waals surface area contributed by atoms with E-state index in [0.717, 1.165) is 22.5 Å². The molecule has 382 valence electrons. The largest absolute Gasteiger partial charge is 1.00 e. The maximum atomic E-state index is 15.3. The van der Waals surface area contributed by atoms with E-state index in [4.69, 9.17) is 23.7 Å². The van der Waals surface area contributed by atoms with Crippen LogP contribution in [0, 0.1) is 11.6 Å². The van der Waals surface area contributed by atoms with Crippen LogP contribution in [0.25, 0.3) is 22.3 Å². The number of hydrogen-bond acceptors (Lipinski definition) is 12. The first kappa shape index (κ1) is 60.5. The third kappa shape index (κ3) is 15.1. The Kier molecular flexibility index (Phi) is 21.3. The summed E-state index contributed by atoms with van der Waals surface area (Å²) in [6.45, 7) is 13.7. The molecule has 0 saturated carbocycles. The average Bonchev–Trinajstić information content (AvgIpc) is 3.30. The van der Waals surface area contributed by atoms with Crippen LogP contribution in [0.3, 0.4) is 0 Å². The van der Waals surface area contributed by atoms with Crippen LogP contribution < -0.4 is 48.8 Å². The number of fused-ring (bicyclic) bond motifs is 2. The van der Waals surface area contributed by atoms with E-state index >= 15 is 8.78 Å². The van der Waals surface area contributed by atoms with Crippen LogP contribution in [0.15, 0.2) is 121 Å². The van der Waals surface area contributed by atoms with E-state index in [9.17, 15) is 24.3 Å². The van der Waals surface area contributed by atoms with Crippen LogP contribution in [0.1, 0.15) is 102 Å². The number of ether oxygens (including phenoxy) is 5. The Bertz CT molecular complexity index is 2920. The Balaban J connectivity index is 0.000000365. The van der Waals surface area contributed by atoms with Gasteiger partial charge in [-0.05, 0) is 124 Å². The molecule has 0 spiro atoms. The molecule has 0 aromatic heterocycles. The summed E-state index contributed by atoms with van der Waals surface area (Å²) in [4.78, 5) is 52.5. The zero-order valence-electron chi connectivity index (χ0n) is 41.5. The molecule has 0 radical (unpaired) electrons. The molecule has 2 heterocycles. The maximum Gasteiger partial charge on any atom is 1.00 e. The Morgan fingerprint density at radius 1 is 0.575 bits per heavy atom. The topological polar surface area (TPSA) is 203 Å². The van der Waals surface area contributed by atoms with Crippen molar-refractivity contribution < 1.29 is 97.3 Å². The van der Waals surface area contributed by atoms with Crippen LogP contribution in [0.4, 0.5) is 20.2 Å². The molecule has 4 N–H and O–H groups in total. The summed E-state index contributed by atoms with van der Waals surface area (Å²) >= 11 is 0. The van der Waals surface area contributed by atoms with Gasteiger partial charge in [0.05, 0.1) is 53.8 Å². The minimum absolute atomic E-state index is 0. The Morgan fingerprint density at radius 2 is 0.973 bits per heavy atom. The fraction of sp³-hybridized carbons (Fsp3) is 0.286. The van der Waals surface area contributed by atoms with Crippen molar-refractivity contribution in [2.24, 2.45) is 0 Å². The first-order valence-electron chi connectivity index (χ1n) is 22.4. The van der Waals surface area contributed by atoms with Crippen molar-refractivity contribution in [1.82, 2.24) is 0 Å². The quantitative estimate of drug-likeness (QED) is 0.0791. The number of carboxylic acids is 1. The van der Waals surface area contributed by atoms with E-state index in [1.54, 1.807) is 120 Å². The molecule has 0 atom stereocenters. The van der Waals surface area contributed by atoms with Crippen molar-refractivity contribution in [2.75, 3.05) is 43.2 Å². The molecule has 0 aliphatic carbocycles. The number of carbonyl (C=O) groups is 4. The van der Waals surface area contributed by atoms with Crippen molar-refractivity contribution in [3.63, 3.8) is 0 Å². The number of carboxylic acid groups (broad SMARTS) is 1. The summed E-state index contributed by atoms with van der Waals surface area (Å²) in [5.41, 5.74) is 4.57. The van der Waals surface area contributed by atoms with Crippen LogP contribution in [-0.2, 0) is 27.3 Å². The molecule has 14 nitrogen and oxygen atoms in total. The van der Waals surface area contributed by atoms with Crippen LogP contribution in [0.2, 0.25) is 0 Å². The molecule has 17 heteroatoms. The van der Waals surface area contributed by atoms with Crippen molar-refractivity contribution in [2.45, 2.75) is 73.3 Å². The Labute approximate surface area is 446 Å². The third-order valence-electron chi connectivity index (χ3n) is 11.0. The number of nitrogens with zero attached hydrogens (tertiary/aromatic N) is 2. The van der Waals surface area contributed by atoms with E-state index in [2.05, 4.69) is 4.90 Å². The number of carbonyl (C=O) groups excluding carboxylic acids is 3. The molecule has 0 bridgehead atoms. The smallest absolute Gasteiger partial charge is 0.870 e. The van der Waals surface area contributed by atoms with E-state index in [1.165, 1.54) is 31.4 Å². The number of methoxy groups -OCH3 is 1. The van der Waals surface area contributed by atoms with Crippen LogP contribution in [0.5, 0.6) is 11.5 Å². The summed E-state index contributed by atoms with van der Waals surface area (Å²) in [5.74, 6) is -2.23. The first-order chi connectivity index (χ1) is 32.8. The van der Waals surface area contributed by atoms with E-state index in [0.29, 0.717) is 89.8 Å². The van der Waals surface area contributed by atoms with Gasteiger partial charge in [-0.3, -0.25) is 0 Å². The Morgan fingerprint density at radius 3 is 1.36 bits per heavy atom. The molecule has 6 aromatic carbocycles. The number of esters is 3. The van der Waals surface area contributed by atoms with Crippen molar-refractivity contribution in [1.29, 1.82) is 0 Å². The van der Waals surface area contributed by atoms with E-state index in [1.807, 2.05) is 23.1 Å². The molecule has 0 amide bonds. The van der Waals surface area contributed by atoms with Gasteiger partial charge in [0.25, 0.3) is 0 Å². The second-order valence-corrected chi connectivity index (χ2v) is 18.4. The first-order valence-corrected chi connectivity index (χ1v) is 22.4. The predicted molar refractivity (Wildman–Crippen MR) is 271 cm³/mol. The predicted octanol–water partition coefficient (Wildman–Crippen LogP) is 7.82. The third-order valence-corrected chi connectivity index (χ3v) is 11.0. The molecule has 8 rings (SSSR count). The molecule has 73 heavy (non-hydrogen) atoms. The molecule has 2 aliphatic heterocycles. The maximum absolute atomic E-state index is 15.3. The number of anilines is 2. The second kappa shape index (κ2) is 25.7. The van der Waals surface area contributed by atoms with Gasteiger partial charge in [-0.15, -0.1) is 0 Å². The van der Waals surface area contributed by atoms with Gasteiger partial charge in [0.1, 0.15) is 47.5 Å². The summed E-state index contributed by atoms with van der Waals surface area (Å²) in [5, 5.41) is 9.21. The number of aromatic carboxylic acids is 1. The van der Waals surface area contributed by atoms with Crippen molar-refractivity contribution >= 4 is 35.3 Å². The fourth-order valence-electron chi connectivity index (χ4n) is 7.91. The summed E-state index contributed by atoms with van der Waals surface area (Å²) in [6, 6.07) is 33.5. The second-order valence-electron chi connectivity index (χ2n) is 18.4. The number of halogens is 2. The molecule has 0 unspecified atom stereocenters. The van der Waals surface area contributed by atoms with Gasteiger partial charge in [0.15, 0.2) is 0 Å². The van der Waals surface area contributed by atoms with Gasteiger partial charge < -0.3 is 49.5 Å². The zero-order valence-corrected chi connectivity index (χ0v) is 43.5. The fourth-order valence-corrected chi connectivity index (χ4v) is 7.91. The van der Waals surface area contributed by atoms with Gasteiger partial charge >= 0.3 is 53.4 Å². The van der Waals surface area contributed by atoms with Gasteiger partial charge in [-0.2, -0.15) is 0 Å². The van der Waals surface area contributed by atoms with Crippen LogP contribution in [-0.4, -0.2) is 84.6 Å². The number of hydrogen-bond donors (Lipinski definition) is 1. The standard InChI is InChI=1S/C28H28FNO5.C27H26FNO5.CH4.Na.2H2O/c1-28(2,3)35-27(32)22-8-6-5-7-20(22)21-11-9-18(15-23(21)29)17-30-13-14-34-25-16-19(26(31)33-4)10-12-24(25)30;1-27(2,3)34-26(32)21-7-5-4-6-19(21)20-10-8-17(14-22(20)28)16-29-12-13-33-24-15-18(25(30)31)9-11-23(24)29;;;;/h5-12,15-16H,13-14,17H2,1-4H3;4-11,14-15H,12-13,16H2,1-3H3,(H,30,31);1H4;;2*1H2/q;;;+1;;/p-1. The normalized spacial score (nSPS) is 12.3. The molecule has 6 aromatic rings. The van der Waals surface area contributed by atoms with Gasteiger partial charge in [-0.25, -0.2) is 28.0 Å². The van der Waals surface area contributed by atoms with Gasteiger partial charge in [-0.1, -0.05) is 68.1 Å². The van der Waals surface area contributed by atoms with E-state index < -0.39 is 46.7 Å². The molecule has 2 aliphatic rings. The molecule has 0 saturated heterocycles. The van der Waals surface area contributed by atoms with Gasteiger partial charge in [0.2, 0.25) is 0 Å². The summed E-state index contributed by atoms with van der Waals surface area (Å²) < 4.78 is 57.7. The Hall–Kier alpha value is -6.82. The molecule has 0 fully saturated rings. The molecular formula is C56H61F2N2NaO12. The zero-order chi connectivity index (χ0) is 49.6.